The van der Waals surface area contributed by atoms with Crippen LogP contribution in [0.1, 0.15) is 35.1 Å². The van der Waals surface area contributed by atoms with E-state index in [1.807, 2.05) is 52.9 Å². The van der Waals surface area contributed by atoms with Crippen LogP contribution < -0.4 is 0 Å². The zero-order valence-corrected chi connectivity index (χ0v) is 17.9. The number of halogens is 2. The Hall–Kier alpha value is -1.93. The lowest BCUT2D eigenvalue weighted by molar-refractivity contribution is 0.0686. The molecule has 6 nitrogen and oxygen atoms in total. The van der Waals surface area contributed by atoms with Gasteiger partial charge < -0.3 is 14.0 Å². The Bertz CT molecular complexity index is 968. The summed E-state index contributed by atoms with van der Waals surface area (Å²) in [5.74, 6) is 1.25. The van der Waals surface area contributed by atoms with E-state index in [2.05, 4.69) is 42.0 Å². The molecule has 140 valence electrons. The minimum Gasteiger partial charge on any atom is -0.339 e. The van der Waals surface area contributed by atoms with E-state index in [9.17, 15) is 4.79 Å². The largest absolute Gasteiger partial charge is 0.339 e. The second-order valence-corrected chi connectivity index (χ2v) is 8.25. The molecule has 1 atom stereocenters. The molecule has 1 amide bonds. The third-order valence-electron chi connectivity index (χ3n) is 4.87. The minimum absolute atomic E-state index is 0.0106. The molecule has 1 fully saturated rings. The highest BCUT2D eigenvalue weighted by Crippen LogP contribution is 2.30. The van der Waals surface area contributed by atoms with E-state index in [1.54, 1.807) is 0 Å². The van der Waals surface area contributed by atoms with Crippen molar-refractivity contribution in [3.63, 3.8) is 0 Å². The summed E-state index contributed by atoms with van der Waals surface area (Å²) in [7, 11) is 1.87. The first-order chi connectivity index (χ1) is 13.0. The number of likely N-dealkylation sites (tertiary alicyclic amines) is 1. The van der Waals surface area contributed by atoms with Crippen molar-refractivity contribution >= 4 is 37.8 Å². The Kier molecular flexibility index (Phi) is 5.19. The summed E-state index contributed by atoms with van der Waals surface area (Å²) >= 11 is 6.94. The lowest BCUT2D eigenvalue weighted by Crippen LogP contribution is -2.39. The van der Waals surface area contributed by atoms with Gasteiger partial charge in [-0.3, -0.25) is 4.79 Å². The Balaban J connectivity index is 1.52. The van der Waals surface area contributed by atoms with Crippen molar-refractivity contribution < 1.29 is 9.32 Å². The molecule has 27 heavy (non-hydrogen) atoms. The first-order valence-corrected chi connectivity index (χ1v) is 10.3. The van der Waals surface area contributed by atoms with Gasteiger partial charge in [0.1, 0.15) is 5.69 Å². The average Bonchev–Trinajstić information content (AvgIpc) is 3.30. The second kappa shape index (κ2) is 7.59. The van der Waals surface area contributed by atoms with Gasteiger partial charge >= 0.3 is 0 Å². The van der Waals surface area contributed by atoms with Crippen LogP contribution in [-0.4, -0.2) is 38.6 Å². The fourth-order valence-electron chi connectivity index (χ4n) is 3.38. The number of nitrogens with zero attached hydrogens (tertiary/aromatic N) is 4. The van der Waals surface area contributed by atoms with Crippen molar-refractivity contribution in [3.05, 3.63) is 57.1 Å². The normalized spacial score (nSPS) is 17.3. The molecule has 3 aromatic rings. The zero-order valence-electron chi connectivity index (χ0n) is 14.7. The molecule has 1 aliphatic heterocycles. The molecule has 1 saturated heterocycles. The number of hydrogen-bond acceptors (Lipinski definition) is 4. The van der Waals surface area contributed by atoms with Crippen LogP contribution in [0.3, 0.4) is 0 Å². The van der Waals surface area contributed by atoms with Crippen molar-refractivity contribution in [1.82, 2.24) is 19.6 Å². The molecule has 0 bridgehead atoms. The molecule has 1 aliphatic rings. The van der Waals surface area contributed by atoms with Crippen LogP contribution in [0.5, 0.6) is 0 Å². The average molecular weight is 494 g/mol. The van der Waals surface area contributed by atoms with Crippen molar-refractivity contribution in [1.29, 1.82) is 0 Å². The maximum atomic E-state index is 13.0. The SMILES string of the molecule is Cn1c(C(=O)N2CCC[C@H](c3nc(-c4ccccc4)no3)C2)cc(Br)c1Br. The van der Waals surface area contributed by atoms with Gasteiger partial charge in [0.05, 0.1) is 15.0 Å². The summed E-state index contributed by atoms with van der Waals surface area (Å²) in [5.41, 5.74) is 1.57. The molecule has 0 N–H and O–H groups in total. The third-order valence-corrected chi connectivity index (χ3v) is 6.96. The van der Waals surface area contributed by atoms with E-state index in [1.165, 1.54) is 0 Å². The number of piperidine rings is 1. The fraction of sp³-hybridized carbons (Fsp3) is 0.316. The molecule has 0 unspecified atom stereocenters. The van der Waals surface area contributed by atoms with Gasteiger partial charge in [0.25, 0.3) is 5.91 Å². The predicted molar refractivity (Wildman–Crippen MR) is 108 cm³/mol. The molecule has 8 heteroatoms. The van der Waals surface area contributed by atoms with Crippen LogP contribution in [0.15, 0.2) is 50.0 Å². The molecule has 3 heterocycles. The molecule has 0 spiro atoms. The minimum atomic E-state index is 0.0106. The quantitative estimate of drug-likeness (QED) is 0.534. The summed E-state index contributed by atoms with van der Waals surface area (Å²) in [6, 6.07) is 11.6. The number of rotatable bonds is 3. The predicted octanol–water partition coefficient (Wildman–Crippen LogP) is 4.62. The number of amides is 1. The summed E-state index contributed by atoms with van der Waals surface area (Å²) in [5, 5.41) is 4.11. The van der Waals surface area contributed by atoms with Crippen molar-refractivity contribution in [3.8, 4) is 11.4 Å². The highest BCUT2D eigenvalue weighted by atomic mass is 79.9. The van der Waals surface area contributed by atoms with Crippen LogP contribution in [0.4, 0.5) is 0 Å². The molecule has 1 aromatic carbocycles. The van der Waals surface area contributed by atoms with Crippen molar-refractivity contribution in [2.24, 2.45) is 7.05 Å². The van der Waals surface area contributed by atoms with Crippen molar-refractivity contribution in [2.45, 2.75) is 18.8 Å². The molecule has 0 saturated carbocycles. The number of carbonyl (C=O) groups is 1. The van der Waals surface area contributed by atoms with E-state index in [-0.39, 0.29) is 11.8 Å². The molecule has 0 aliphatic carbocycles. The Morgan fingerprint density at radius 3 is 2.74 bits per heavy atom. The van der Waals surface area contributed by atoms with Gasteiger partial charge in [-0.05, 0) is 50.8 Å². The van der Waals surface area contributed by atoms with Gasteiger partial charge in [-0.15, -0.1) is 0 Å². The van der Waals surface area contributed by atoms with Gasteiger partial charge in [0.2, 0.25) is 11.7 Å². The molecule has 0 radical (unpaired) electrons. The van der Waals surface area contributed by atoms with Gasteiger partial charge in [-0.1, -0.05) is 35.5 Å². The van der Waals surface area contributed by atoms with Crippen molar-refractivity contribution in [2.75, 3.05) is 13.1 Å². The first kappa shape index (κ1) is 18.4. The Morgan fingerprint density at radius 2 is 2.04 bits per heavy atom. The van der Waals surface area contributed by atoms with E-state index in [4.69, 9.17) is 4.52 Å². The van der Waals surface area contributed by atoms with Gasteiger partial charge in [-0.2, -0.15) is 4.98 Å². The van der Waals surface area contributed by atoms with Crippen LogP contribution >= 0.6 is 31.9 Å². The van der Waals surface area contributed by atoms with E-state index >= 15 is 0 Å². The summed E-state index contributed by atoms with van der Waals surface area (Å²) in [6.07, 6.45) is 1.84. The van der Waals surface area contributed by atoms with E-state index in [0.717, 1.165) is 34.0 Å². The highest BCUT2D eigenvalue weighted by molar-refractivity contribution is 9.13. The van der Waals surface area contributed by atoms with Crippen LogP contribution in [0, 0.1) is 0 Å². The number of benzene rings is 1. The molecule has 2 aromatic heterocycles. The fourth-order valence-corrected chi connectivity index (χ4v) is 4.17. The molecule has 4 rings (SSSR count). The van der Waals surface area contributed by atoms with Crippen LogP contribution in [0.25, 0.3) is 11.4 Å². The van der Waals surface area contributed by atoms with Crippen LogP contribution in [-0.2, 0) is 7.05 Å². The molecular formula is C19H18Br2N4O2. The first-order valence-electron chi connectivity index (χ1n) is 8.73. The van der Waals surface area contributed by atoms with E-state index < -0.39 is 0 Å². The number of aromatic nitrogens is 3. The standard InChI is InChI=1S/C19H18Br2N4O2/c1-24-15(10-14(20)16(24)21)19(26)25-9-5-8-13(11-25)18-22-17(23-27-18)12-6-3-2-4-7-12/h2-4,6-7,10,13H,5,8-9,11H2,1H3/t13-/m0/s1. The third kappa shape index (κ3) is 3.60. The maximum absolute atomic E-state index is 13.0. The van der Waals surface area contributed by atoms with Gasteiger partial charge in [0.15, 0.2) is 0 Å². The second-order valence-electron chi connectivity index (χ2n) is 6.64. The number of carbonyl (C=O) groups excluding carboxylic acids is 1. The monoisotopic (exact) mass is 492 g/mol. The maximum Gasteiger partial charge on any atom is 0.270 e. The van der Waals surface area contributed by atoms with Crippen LogP contribution in [0.2, 0.25) is 0 Å². The zero-order chi connectivity index (χ0) is 19.0. The smallest absolute Gasteiger partial charge is 0.270 e. The summed E-state index contributed by atoms with van der Waals surface area (Å²) in [4.78, 5) is 19.4. The highest BCUT2D eigenvalue weighted by Gasteiger charge is 2.30. The van der Waals surface area contributed by atoms with Gasteiger partial charge in [0, 0.05) is 25.7 Å². The Morgan fingerprint density at radius 1 is 1.26 bits per heavy atom. The van der Waals surface area contributed by atoms with E-state index in [0.29, 0.717) is 24.0 Å². The Labute approximate surface area is 173 Å². The van der Waals surface area contributed by atoms with Gasteiger partial charge in [-0.25, -0.2) is 0 Å². The topological polar surface area (TPSA) is 64.2 Å². The summed E-state index contributed by atoms with van der Waals surface area (Å²) in [6.45, 7) is 1.31. The lowest BCUT2D eigenvalue weighted by Gasteiger charge is -2.31. The lowest BCUT2D eigenvalue weighted by atomic mass is 9.97. The molecular weight excluding hydrogens is 476 g/mol. The summed E-state index contributed by atoms with van der Waals surface area (Å²) < 4.78 is 9.08. The number of hydrogen-bond donors (Lipinski definition) is 0.